The minimum Gasteiger partial charge on any atom is -0.467 e. The summed E-state index contributed by atoms with van der Waals surface area (Å²) in [5.41, 5.74) is 6.46. The number of carbonyl (C=O) groups is 2. The first-order valence-electron chi connectivity index (χ1n) is 5.49. The molecule has 100 valence electrons. The Labute approximate surface area is 105 Å². The average Bonchev–Trinajstić information content (AvgIpc) is 2.75. The lowest BCUT2D eigenvalue weighted by molar-refractivity contribution is -0.149. The molecular weight excluding hydrogens is 238 g/mol. The number of rotatable bonds is 5. The molecule has 0 radical (unpaired) electrons. The van der Waals surface area contributed by atoms with Gasteiger partial charge in [0.1, 0.15) is 5.69 Å². The monoisotopic (exact) mass is 255 g/mol. The number of nitrogens with one attached hydrogen (secondary N) is 1. The van der Waals surface area contributed by atoms with Gasteiger partial charge >= 0.3 is 5.97 Å². The Balaban J connectivity index is 2.63. The number of methoxy groups -OCH3 is 1. The van der Waals surface area contributed by atoms with Crippen molar-refractivity contribution in [3.8, 4) is 0 Å². The minimum atomic E-state index is -1.37. The van der Waals surface area contributed by atoms with E-state index >= 15 is 0 Å². The van der Waals surface area contributed by atoms with Crippen molar-refractivity contribution in [1.82, 2.24) is 9.88 Å². The Hall–Kier alpha value is -2.02. The molecule has 0 aromatic carbocycles. The largest absolute Gasteiger partial charge is 0.467 e. The molecule has 0 aliphatic carbocycles. The summed E-state index contributed by atoms with van der Waals surface area (Å²) < 4.78 is 6.01. The minimum absolute atomic E-state index is 0.208. The maximum Gasteiger partial charge on any atom is 0.336 e. The van der Waals surface area contributed by atoms with Crippen LogP contribution in [0.4, 0.5) is 5.69 Å². The number of ether oxygens (including phenoxy) is 1. The number of hydrogen-bond acceptors (Lipinski definition) is 5. The highest BCUT2D eigenvalue weighted by Crippen LogP contribution is 2.10. The lowest BCUT2D eigenvalue weighted by atomic mass is 10.3. The Morgan fingerprint density at radius 2 is 2.28 bits per heavy atom. The molecule has 1 aromatic heterocycles. The normalized spacial score (nSPS) is 11.9. The fourth-order valence-corrected chi connectivity index (χ4v) is 1.48. The van der Waals surface area contributed by atoms with E-state index in [2.05, 4.69) is 10.1 Å². The third kappa shape index (κ3) is 3.24. The molecule has 0 saturated carbocycles. The molecule has 7 nitrogen and oxygen atoms in total. The number of anilines is 1. The number of nitrogens with two attached hydrogens (primary N) is 1. The summed E-state index contributed by atoms with van der Waals surface area (Å²) in [5.74, 6) is -1.20. The fourth-order valence-electron chi connectivity index (χ4n) is 1.48. The predicted octanol–water partition coefficient (Wildman–Crippen LogP) is -0.646. The van der Waals surface area contributed by atoms with Crippen LogP contribution in [0.25, 0.3) is 0 Å². The molecule has 0 bridgehead atoms. The van der Waals surface area contributed by atoms with E-state index < -0.39 is 18.0 Å². The molecule has 0 saturated heterocycles. The molecule has 0 aliphatic heterocycles. The van der Waals surface area contributed by atoms with Crippen LogP contribution < -0.4 is 11.1 Å². The Bertz CT molecular complexity index is 441. The van der Waals surface area contributed by atoms with Crippen molar-refractivity contribution in [2.24, 2.45) is 0 Å². The summed E-state index contributed by atoms with van der Waals surface area (Å²) in [5, 5.41) is 11.8. The van der Waals surface area contributed by atoms with Crippen molar-refractivity contribution in [3.05, 3.63) is 18.0 Å². The van der Waals surface area contributed by atoms with Gasteiger partial charge in [-0.3, -0.25) is 4.79 Å². The van der Waals surface area contributed by atoms with E-state index in [-0.39, 0.29) is 6.54 Å². The van der Waals surface area contributed by atoms with Crippen LogP contribution >= 0.6 is 0 Å². The van der Waals surface area contributed by atoms with Gasteiger partial charge in [0.15, 0.2) is 6.10 Å². The molecule has 7 heteroatoms. The highest BCUT2D eigenvalue weighted by molar-refractivity contribution is 5.94. The summed E-state index contributed by atoms with van der Waals surface area (Å²) in [7, 11) is 1.16. The molecule has 1 amide bonds. The van der Waals surface area contributed by atoms with E-state index in [1.807, 2.05) is 6.92 Å². The topological polar surface area (TPSA) is 107 Å². The van der Waals surface area contributed by atoms with Crippen LogP contribution in [0, 0.1) is 0 Å². The number of aliphatic hydroxyl groups excluding tert-OH is 1. The zero-order valence-electron chi connectivity index (χ0n) is 10.3. The molecular formula is C11H17N3O4. The van der Waals surface area contributed by atoms with Crippen molar-refractivity contribution >= 4 is 17.6 Å². The number of esters is 1. The first-order chi connectivity index (χ1) is 8.49. The highest BCUT2D eigenvalue weighted by atomic mass is 16.5. The third-order valence-corrected chi connectivity index (χ3v) is 2.42. The summed E-state index contributed by atoms with van der Waals surface area (Å²) in [6.45, 7) is 2.26. The third-order valence-electron chi connectivity index (χ3n) is 2.42. The Morgan fingerprint density at radius 3 is 2.83 bits per heavy atom. The van der Waals surface area contributed by atoms with E-state index in [1.54, 1.807) is 10.8 Å². The van der Waals surface area contributed by atoms with Crippen molar-refractivity contribution in [3.63, 3.8) is 0 Å². The number of aromatic nitrogens is 1. The zero-order valence-corrected chi connectivity index (χ0v) is 10.3. The average molecular weight is 255 g/mol. The SMILES string of the molecule is CCn1cc(N)cc1C(=O)NCC(O)C(=O)OC. The van der Waals surface area contributed by atoms with Gasteiger partial charge in [-0.2, -0.15) is 0 Å². The van der Waals surface area contributed by atoms with Crippen molar-refractivity contribution < 1.29 is 19.4 Å². The lowest BCUT2D eigenvalue weighted by Crippen LogP contribution is -2.37. The second kappa shape index (κ2) is 6.06. The second-order valence-corrected chi connectivity index (χ2v) is 3.69. The second-order valence-electron chi connectivity index (χ2n) is 3.69. The number of nitrogen functional groups attached to an aromatic ring is 1. The number of amides is 1. The Morgan fingerprint density at radius 1 is 1.61 bits per heavy atom. The predicted molar refractivity (Wildman–Crippen MR) is 64.9 cm³/mol. The van der Waals surface area contributed by atoms with Gasteiger partial charge in [-0.05, 0) is 13.0 Å². The lowest BCUT2D eigenvalue weighted by Gasteiger charge is -2.10. The van der Waals surface area contributed by atoms with Gasteiger partial charge < -0.3 is 25.5 Å². The molecule has 1 unspecified atom stereocenters. The van der Waals surface area contributed by atoms with Crippen LogP contribution in [0.1, 0.15) is 17.4 Å². The molecule has 1 aromatic rings. The van der Waals surface area contributed by atoms with E-state index in [0.717, 1.165) is 7.11 Å². The smallest absolute Gasteiger partial charge is 0.336 e. The van der Waals surface area contributed by atoms with Gasteiger partial charge in [0.25, 0.3) is 5.91 Å². The Kier molecular flexibility index (Phi) is 4.73. The molecule has 1 heterocycles. The molecule has 0 fully saturated rings. The van der Waals surface area contributed by atoms with Gasteiger partial charge in [0.2, 0.25) is 0 Å². The first-order valence-corrected chi connectivity index (χ1v) is 5.49. The molecule has 4 N–H and O–H groups in total. The number of hydrogen-bond donors (Lipinski definition) is 3. The van der Waals surface area contributed by atoms with Crippen molar-refractivity contribution in [2.75, 3.05) is 19.4 Å². The van der Waals surface area contributed by atoms with Crippen molar-refractivity contribution in [1.29, 1.82) is 0 Å². The zero-order chi connectivity index (χ0) is 13.7. The van der Waals surface area contributed by atoms with Crippen LogP contribution in [-0.2, 0) is 16.1 Å². The first kappa shape index (κ1) is 14.0. The molecule has 18 heavy (non-hydrogen) atoms. The summed E-state index contributed by atoms with van der Waals surface area (Å²) >= 11 is 0. The van der Waals surface area contributed by atoms with Crippen molar-refractivity contribution in [2.45, 2.75) is 19.6 Å². The van der Waals surface area contributed by atoms with E-state index in [4.69, 9.17) is 5.73 Å². The van der Waals surface area contributed by atoms with E-state index in [1.165, 1.54) is 6.07 Å². The van der Waals surface area contributed by atoms with Crippen LogP contribution in [0.2, 0.25) is 0 Å². The van der Waals surface area contributed by atoms with Crippen LogP contribution in [0.15, 0.2) is 12.3 Å². The standard InChI is InChI=1S/C11H17N3O4/c1-3-14-6-7(12)4-8(14)10(16)13-5-9(15)11(17)18-2/h4,6,9,15H,3,5,12H2,1-2H3,(H,13,16). The number of carbonyl (C=O) groups excluding carboxylic acids is 2. The van der Waals surface area contributed by atoms with Gasteiger partial charge in [-0.25, -0.2) is 4.79 Å². The van der Waals surface area contributed by atoms with Gasteiger partial charge in [-0.15, -0.1) is 0 Å². The number of nitrogens with zero attached hydrogens (tertiary/aromatic N) is 1. The maximum atomic E-state index is 11.8. The summed E-state index contributed by atoms with van der Waals surface area (Å²) in [4.78, 5) is 22.7. The maximum absolute atomic E-state index is 11.8. The van der Waals surface area contributed by atoms with Crippen LogP contribution in [0.3, 0.4) is 0 Å². The van der Waals surface area contributed by atoms with Gasteiger partial charge in [0.05, 0.1) is 19.3 Å². The molecule has 1 atom stereocenters. The fraction of sp³-hybridized carbons (Fsp3) is 0.455. The van der Waals surface area contributed by atoms with Gasteiger partial charge in [0, 0.05) is 12.7 Å². The summed E-state index contributed by atoms with van der Waals surface area (Å²) in [6, 6.07) is 1.53. The van der Waals surface area contributed by atoms with E-state index in [0.29, 0.717) is 17.9 Å². The number of aliphatic hydroxyl groups is 1. The quantitative estimate of drug-likeness (QED) is 0.606. The van der Waals surface area contributed by atoms with Gasteiger partial charge in [-0.1, -0.05) is 0 Å². The number of aryl methyl sites for hydroxylation is 1. The summed E-state index contributed by atoms with van der Waals surface area (Å²) in [6.07, 6.45) is 0.271. The van der Waals surface area contributed by atoms with Crippen LogP contribution in [-0.4, -0.2) is 41.3 Å². The molecule has 0 spiro atoms. The molecule has 0 aliphatic rings. The van der Waals surface area contributed by atoms with E-state index in [9.17, 15) is 14.7 Å². The highest BCUT2D eigenvalue weighted by Gasteiger charge is 2.18. The van der Waals surface area contributed by atoms with Crippen LogP contribution in [0.5, 0.6) is 0 Å². The molecule has 1 rings (SSSR count).